The minimum Gasteiger partial charge on any atom is -0.353 e. The number of carbonyl (C=O) groups is 1. The van der Waals surface area contributed by atoms with Crippen molar-refractivity contribution in [2.75, 3.05) is 31.1 Å². The molecule has 2 aromatic rings. The Morgan fingerprint density at radius 2 is 1.75 bits per heavy atom. The fourth-order valence-electron chi connectivity index (χ4n) is 4.59. The monoisotopic (exact) mass is 435 g/mol. The zero-order chi connectivity index (χ0) is 22.2. The zero-order valence-corrected chi connectivity index (χ0v) is 18.5. The lowest BCUT2D eigenvalue weighted by atomic mass is 9.84. The SMILES string of the molecule is Cc1nc(C2CC2)nc(N2CCN(C(=O)C3CCC3)CC2)c1Cc1ccc([N+](=O)[O-])cc1. The van der Waals surface area contributed by atoms with Crippen molar-refractivity contribution < 1.29 is 9.72 Å². The number of hydrogen-bond donors (Lipinski definition) is 0. The first-order valence-corrected chi connectivity index (χ1v) is 11.6. The molecule has 1 aromatic heterocycles. The number of rotatable bonds is 6. The number of non-ortho nitro benzene ring substituents is 1. The Hall–Kier alpha value is -3.03. The van der Waals surface area contributed by atoms with E-state index in [-0.39, 0.29) is 16.5 Å². The molecule has 2 heterocycles. The van der Waals surface area contributed by atoms with Crippen LogP contribution in [0.1, 0.15) is 60.7 Å². The van der Waals surface area contributed by atoms with E-state index >= 15 is 0 Å². The van der Waals surface area contributed by atoms with Crippen molar-refractivity contribution >= 4 is 17.4 Å². The van der Waals surface area contributed by atoms with Crippen LogP contribution in [0.4, 0.5) is 11.5 Å². The molecule has 0 spiro atoms. The number of benzene rings is 1. The van der Waals surface area contributed by atoms with Crippen LogP contribution in [0, 0.1) is 23.0 Å². The van der Waals surface area contributed by atoms with Crippen LogP contribution in [-0.2, 0) is 11.2 Å². The summed E-state index contributed by atoms with van der Waals surface area (Å²) < 4.78 is 0. The summed E-state index contributed by atoms with van der Waals surface area (Å²) in [6, 6.07) is 6.72. The normalized spacial score (nSPS) is 19.0. The van der Waals surface area contributed by atoms with Gasteiger partial charge in [0.15, 0.2) is 0 Å². The highest BCUT2D eigenvalue weighted by molar-refractivity contribution is 5.80. The Balaban J connectivity index is 1.38. The Morgan fingerprint density at radius 3 is 2.31 bits per heavy atom. The molecule has 5 rings (SSSR count). The zero-order valence-electron chi connectivity index (χ0n) is 18.5. The van der Waals surface area contributed by atoms with Gasteiger partial charge in [0.25, 0.3) is 5.69 Å². The van der Waals surface area contributed by atoms with Crippen molar-refractivity contribution in [3.05, 3.63) is 57.0 Å². The molecule has 3 fully saturated rings. The molecule has 0 unspecified atom stereocenters. The van der Waals surface area contributed by atoms with Crippen molar-refractivity contribution in [2.45, 2.75) is 51.4 Å². The quantitative estimate of drug-likeness (QED) is 0.508. The lowest BCUT2D eigenvalue weighted by Gasteiger charge is -2.39. The van der Waals surface area contributed by atoms with Gasteiger partial charge >= 0.3 is 0 Å². The summed E-state index contributed by atoms with van der Waals surface area (Å²) in [5, 5.41) is 11.0. The Morgan fingerprint density at radius 1 is 1.06 bits per heavy atom. The van der Waals surface area contributed by atoms with Crippen molar-refractivity contribution in [2.24, 2.45) is 5.92 Å². The number of nitro groups is 1. The van der Waals surface area contributed by atoms with E-state index in [1.54, 1.807) is 12.1 Å². The van der Waals surface area contributed by atoms with Crippen molar-refractivity contribution in [3.8, 4) is 0 Å². The summed E-state index contributed by atoms with van der Waals surface area (Å²) in [4.78, 5) is 37.4. The van der Waals surface area contributed by atoms with Gasteiger partial charge in [-0.1, -0.05) is 18.6 Å². The third-order valence-corrected chi connectivity index (χ3v) is 7.03. The second-order valence-corrected chi connectivity index (χ2v) is 9.28. The van der Waals surface area contributed by atoms with Gasteiger partial charge in [0.2, 0.25) is 5.91 Å². The molecule has 2 aliphatic carbocycles. The van der Waals surface area contributed by atoms with Crippen LogP contribution in [0.3, 0.4) is 0 Å². The van der Waals surface area contributed by atoms with Gasteiger partial charge in [-0.05, 0) is 38.2 Å². The van der Waals surface area contributed by atoms with Gasteiger partial charge in [-0.2, -0.15) is 0 Å². The molecular weight excluding hydrogens is 406 g/mol. The third kappa shape index (κ3) is 4.18. The van der Waals surface area contributed by atoms with Crippen LogP contribution < -0.4 is 4.90 Å². The molecule has 1 aromatic carbocycles. The van der Waals surface area contributed by atoms with Gasteiger partial charge in [0.05, 0.1) is 4.92 Å². The summed E-state index contributed by atoms with van der Waals surface area (Å²) in [6.45, 7) is 5.04. The molecule has 0 atom stereocenters. The highest BCUT2D eigenvalue weighted by Gasteiger charge is 2.33. The van der Waals surface area contributed by atoms with E-state index in [4.69, 9.17) is 9.97 Å². The van der Waals surface area contributed by atoms with Crippen LogP contribution in [0.25, 0.3) is 0 Å². The molecule has 2 saturated carbocycles. The second-order valence-electron chi connectivity index (χ2n) is 9.28. The van der Waals surface area contributed by atoms with Gasteiger partial charge in [0.1, 0.15) is 11.6 Å². The molecule has 0 radical (unpaired) electrons. The average molecular weight is 436 g/mol. The number of aromatic nitrogens is 2. The number of aryl methyl sites for hydroxylation is 1. The Labute approximate surface area is 187 Å². The third-order valence-electron chi connectivity index (χ3n) is 7.03. The molecular formula is C24H29N5O3. The number of piperazine rings is 1. The maximum Gasteiger partial charge on any atom is 0.269 e. The number of carbonyl (C=O) groups excluding carboxylic acids is 1. The topological polar surface area (TPSA) is 92.5 Å². The fourth-order valence-corrected chi connectivity index (χ4v) is 4.59. The minimum absolute atomic E-state index is 0.0956. The number of nitro benzene ring substituents is 1. The van der Waals surface area contributed by atoms with E-state index in [1.807, 2.05) is 24.0 Å². The maximum absolute atomic E-state index is 12.6. The van der Waals surface area contributed by atoms with E-state index in [2.05, 4.69) is 4.90 Å². The van der Waals surface area contributed by atoms with E-state index in [0.29, 0.717) is 18.2 Å². The summed E-state index contributed by atoms with van der Waals surface area (Å²) in [7, 11) is 0. The number of amides is 1. The number of nitrogens with zero attached hydrogens (tertiary/aromatic N) is 5. The molecule has 32 heavy (non-hydrogen) atoms. The molecule has 1 saturated heterocycles. The predicted octanol–water partition coefficient (Wildman–Crippen LogP) is 3.61. The molecule has 3 aliphatic rings. The molecule has 8 nitrogen and oxygen atoms in total. The molecule has 1 aliphatic heterocycles. The van der Waals surface area contributed by atoms with Crippen LogP contribution >= 0.6 is 0 Å². The first-order valence-electron chi connectivity index (χ1n) is 11.6. The molecule has 0 N–H and O–H groups in total. The van der Waals surface area contributed by atoms with Crippen LogP contribution in [0.5, 0.6) is 0 Å². The Bertz CT molecular complexity index is 1020. The van der Waals surface area contributed by atoms with Crippen LogP contribution in [0.2, 0.25) is 0 Å². The fraction of sp³-hybridized carbons (Fsp3) is 0.542. The van der Waals surface area contributed by atoms with Gasteiger partial charge in [-0.15, -0.1) is 0 Å². The number of hydrogen-bond acceptors (Lipinski definition) is 6. The molecule has 168 valence electrons. The lowest BCUT2D eigenvalue weighted by molar-refractivity contribution is -0.384. The standard InChI is InChI=1S/C24H29N5O3/c1-16-21(15-17-5-9-20(10-6-17)29(31)32)23(26-22(25-16)18-7-8-18)27-11-13-28(14-12-27)24(30)19-3-2-4-19/h5-6,9-10,18-19H,2-4,7-8,11-15H2,1H3. The summed E-state index contributed by atoms with van der Waals surface area (Å²) in [5.41, 5.74) is 3.14. The molecule has 1 amide bonds. The van der Waals surface area contributed by atoms with Crippen LogP contribution in [-0.4, -0.2) is 51.9 Å². The van der Waals surface area contributed by atoms with E-state index < -0.39 is 0 Å². The van der Waals surface area contributed by atoms with E-state index in [1.165, 1.54) is 6.42 Å². The summed E-state index contributed by atoms with van der Waals surface area (Å²) in [6.07, 6.45) is 6.16. The van der Waals surface area contributed by atoms with Gasteiger partial charge < -0.3 is 9.80 Å². The highest BCUT2D eigenvalue weighted by atomic mass is 16.6. The van der Waals surface area contributed by atoms with Gasteiger partial charge in [0, 0.05) is 67.8 Å². The molecule has 0 bridgehead atoms. The lowest BCUT2D eigenvalue weighted by Crippen LogP contribution is -2.51. The maximum atomic E-state index is 12.6. The summed E-state index contributed by atoms with van der Waals surface area (Å²) in [5.74, 6) is 2.91. The first kappa shape index (κ1) is 20.8. The molecule has 8 heteroatoms. The van der Waals surface area contributed by atoms with Crippen molar-refractivity contribution in [3.63, 3.8) is 0 Å². The van der Waals surface area contributed by atoms with Crippen molar-refractivity contribution in [1.29, 1.82) is 0 Å². The van der Waals surface area contributed by atoms with Gasteiger partial charge in [-0.25, -0.2) is 9.97 Å². The smallest absolute Gasteiger partial charge is 0.269 e. The van der Waals surface area contributed by atoms with Gasteiger partial charge in [-0.3, -0.25) is 14.9 Å². The van der Waals surface area contributed by atoms with E-state index in [9.17, 15) is 14.9 Å². The largest absolute Gasteiger partial charge is 0.353 e. The average Bonchev–Trinajstić information content (AvgIpc) is 3.60. The summed E-state index contributed by atoms with van der Waals surface area (Å²) >= 11 is 0. The van der Waals surface area contributed by atoms with Crippen LogP contribution in [0.15, 0.2) is 24.3 Å². The number of anilines is 1. The Kier molecular flexibility index (Phi) is 5.53. The highest BCUT2D eigenvalue weighted by Crippen LogP contribution is 2.40. The first-order chi connectivity index (χ1) is 15.5. The van der Waals surface area contributed by atoms with E-state index in [0.717, 1.165) is 80.3 Å². The van der Waals surface area contributed by atoms with Crippen molar-refractivity contribution in [1.82, 2.24) is 14.9 Å². The second kappa shape index (κ2) is 8.48. The predicted molar refractivity (Wildman–Crippen MR) is 121 cm³/mol. The minimum atomic E-state index is -0.377.